The molecular formula is C23H25N3O3. The Labute approximate surface area is 169 Å². The van der Waals surface area contributed by atoms with Gasteiger partial charge in [0.05, 0.1) is 17.5 Å². The van der Waals surface area contributed by atoms with Crippen molar-refractivity contribution in [3.05, 3.63) is 70.3 Å². The number of benzene rings is 2. The molecule has 0 spiro atoms. The van der Waals surface area contributed by atoms with E-state index < -0.39 is 0 Å². The van der Waals surface area contributed by atoms with Crippen molar-refractivity contribution in [1.29, 1.82) is 0 Å². The number of ether oxygens (including phenoxy) is 1. The van der Waals surface area contributed by atoms with Crippen LogP contribution in [0.4, 0.5) is 5.69 Å². The SMILES string of the molecule is O=C(CCCOCCc1ccccc1)Nc1ccc2nc3n(c(=O)c2c1)CCC3. The Bertz CT molecular complexity index is 1060. The molecule has 4 rings (SSSR count). The summed E-state index contributed by atoms with van der Waals surface area (Å²) in [5.74, 6) is 0.775. The van der Waals surface area contributed by atoms with Gasteiger partial charge in [-0.2, -0.15) is 0 Å². The van der Waals surface area contributed by atoms with Crippen LogP contribution in [0.1, 0.15) is 30.7 Å². The average molecular weight is 391 g/mol. The highest BCUT2D eigenvalue weighted by Gasteiger charge is 2.16. The zero-order chi connectivity index (χ0) is 20.1. The number of anilines is 1. The van der Waals surface area contributed by atoms with Crippen molar-refractivity contribution in [1.82, 2.24) is 9.55 Å². The quantitative estimate of drug-likeness (QED) is 0.598. The van der Waals surface area contributed by atoms with E-state index >= 15 is 0 Å². The van der Waals surface area contributed by atoms with Gasteiger partial charge in [0.15, 0.2) is 0 Å². The standard InChI is InChI=1S/C23H25N3O3/c27-22(9-5-14-29-15-12-17-6-2-1-3-7-17)24-18-10-11-20-19(16-18)23(28)26-13-4-8-21(26)25-20/h1-3,6-7,10-11,16H,4-5,8-9,12-15H2,(H,24,27). The summed E-state index contributed by atoms with van der Waals surface area (Å²) in [4.78, 5) is 29.4. The second-order valence-electron chi connectivity index (χ2n) is 7.32. The molecule has 6 nitrogen and oxygen atoms in total. The number of nitrogens with zero attached hydrogens (tertiary/aromatic N) is 2. The molecule has 0 radical (unpaired) electrons. The fourth-order valence-corrected chi connectivity index (χ4v) is 3.66. The molecule has 150 valence electrons. The maximum Gasteiger partial charge on any atom is 0.261 e. The van der Waals surface area contributed by atoms with Crippen LogP contribution in [0.25, 0.3) is 10.9 Å². The number of nitrogens with one attached hydrogen (secondary N) is 1. The van der Waals surface area contributed by atoms with E-state index in [1.165, 1.54) is 5.56 Å². The Morgan fingerprint density at radius 3 is 2.86 bits per heavy atom. The van der Waals surface area contributed by atoms with Gasteiger partial charge < -0.3 is 10.1 Å². The highest BCUT2D eigenvalue weighted by atomic mass is 16.5. The predicted molar refractivity (Wildman–Crippen MR) is 113 cm³/mol. The number of carbonyl (C=O) groups excluding carboxylic acids is 1. The van der Waals surface area contributed by atoms with Crippen molar-refractivity contribution in [2.45, 2.75) is 38.6 Å². The van der Waals surface area contributed by atoms with Gasteiger partial charge >= 0.3 is 0 Å². The lowest BCUT2D eigenvalue weighted by atomic mass is 10.2. The zero-order valence-corrected chi connectivity index (χ0v) is 16.4. The molecule has 1 aliphatic rings. The number of aromatic nitrogens is 2. The third kappa shape index (κ3) is 4.71. The van der Waals surface area contributed by atoms with Crippen molar-refractivity contribution >= 4 is 22.5 Å². The summed E-state index contributed by atoms with van der Waals surface area (Å²) in [6.07, 6.45) is 3.71. The van der Waals surface area contributed by atoms with Crippen molar-refractivity contribution < 1.29 is 9.53 Å². The van der Waals surface area contributed by atoms with E-state index in [0.29, 0.717) is 42.6 Å². The highest BCUT2D eigenvalue weighted by Crippen LogP contribution is 2.18. The monoisotopic (exact) mass is 391 g/mol. The first-order chi connectivity index (χ1) is 14.2. The lowest BCUT2D eigenvalue weighted by Crippen LogP contribution is -2.21. The van der Waals surface area contributed by atoms with E-state index in [0.717, 1.165) is 31.6 Å². The van der Waals surface area contributed by atoms with E-state index in [1.54, 1.807) is 22.8 Å². The minimum absolute atomic E-state index is 0.0228. The first-order valence-corrected chi connectivity index (χ1v) is 10.2. The van der Waals surface area contributed by atoms with Gasteiger partial charge in [0.1, 0.15) is 5.82 Å². The predicted octanol–water partition coefficient (Wildman–Crippen LogP) is 3.32. The molecule has 1 aromatic heterocycles. The number of hydrogen-bond donors (Lipinski definition) is 1. The number of amides is 1. The van der Waals surface area contributed by atoms with Crippen molar-refractivity contribution in [2.75, 3.05) is 18.5 Å². The first-order valence-electron chi connectivity index (χ1n) is 10.2. The molecular weight excluding hydrogens is 366 g/mol. The van der Waals surface area contributed by atoms with Gasteiger partial charge in [0.25, 0.3) is 5.56 Å². The van der Waals surface area contributed by atoms with Gasteiger partial charge in [0, 0.05) is 31.7 Å². The smallest absolute Gasteiger partial charge is 0.261 e. The Balaban J connectivity index is 1.25. The lowest BCUT2D eigenvalue weighted by molar-refractivity contribution is -0.116. The molecule has 2 heterocycles. The number of fused-ring (bicyclic) bond motifs is 2. The van der Waals surface area contributed by atoms with E-state index in [1.807, 2.05) is 18.2 Å². The van der Waals surface area contributed by atoms with E-state index in [2.05, 4.69) is 22.4 Å². The summed E-state index contributed by atoms with van der Waals surface area (Å²) in [6, 6.07) is 15.5. The van der Waals surface area contributed by atoms with Crippen LogP contribution in [0.5, 0.6) is 0 Å². The first kappa shape index (κ1) is 19.3. The second-order valence-corrected chi connectivity index (χ2v) is 7.32. The third-order valence-corrected chi connectivity index (χ3v) is 5.17. The van der Waals surface area contributed by atoms with Crippen LogP contribution in [0.3, 0.4) is 0 Å². The van der Waals surface area contributed by atoms with Crippen LogP contribution < -0.4 is 10.9 Å². The minimum Gasteiger partial charge on any atom is -0.381 e. The summed E-state index contributed by atoms with van der Waals surface area (Å²) in [5.41, 5.74) is 2.54. The molecule has 2 aromatic carbocycles. The van der Waals surface area contributed by atoms with E-state index in [-0.39, 0.29) is 11.5 Å². The van der Waals surface area contributed by atoms with Crippen LogP contribution in [-0.2, 0) is 28.9 Å². The van der Waals surface area contributed by atoms with Crippen molar-refractivity contribution in [3.8, 4) is 0 Å². The maximum absolute atomic E-state index is 12.6. The average Bonchev–Trinajstić information content (AvgIpc) is 3.21. The molecule has 29 heavy (non-hydrogen) atoms. The minimum atomic E-state index is -0.0785. The molecule has 0 unspecified atom stereocenters. The number of carbonyl (C=O) groups is 1. The molecule has 3 aromatic rings. The van der Waals surface area contributed by atoms with Crippen LogP contribution >= 0.6 is 0 Å². The molecule has 1 aliphatic heterocycles. The van der Waals surface area contributed by atoms with Crippen LogP contribution in [-0.4, -0.2) is 28.7 Å². The summed E-state index contributed by atoms with van der Waals surface area (Å²) >= 11 is 0. The fraction of sp³-hybridized carbons (Fsp3) is 0.348. The van der Waals surface area contributed by atoms with E-state index in [9.17, 15) is 9.59 Å². The third-order valence-electron chi connectivity index (χ3n) is 5.17. The molecule has 0 saturated heterocycles. The van der Waals surface area contributed by atoms with Gasteiger partial charge in [-0.25, -0.2) is 4.98 Å². The van der Waals surface area contributed by atoms with Gasteiger partial charge in [-0.3, -0.25) is 14.2 Å². The van der Waals surface area contributed by atoms with Crippen LogP contribution in [0.2, 0.25) is 0 Å². The van der Waals surface area contributed by atoms with Crippen LogP contribution in [0.15, 0.2) is 53.3 Å². The largest absolute Gasteiger partial charge is 0.381 e. The zero-order valence-electron chi connectivity index (χ0n) is 16.4. The van der Waals surface area contributed by atoms with Crippen molar-refractivity contribution in [2.24, 2.45) is 0 Å². The van der Waals surface area contributed by atoms with Gasteiger partial charge in [-0.05, 0) is 43.0 Å². The topological polar surface area (TPSA) is 73.2 Å². The molecule has 1 amide bonds. The highest BCUT2D eigenvalue weighted by molar-refractivity contribution is 5.93. The van der Waals surface area contributed by atoms with Crippen LogP contribution in [0, 0.1) is 0 Å². The summed E-state index contributed by atoms with van der Waals surface area (Å²) < 4.78 is 7.36. The molecule has 0 fully saturated rings. The lowest BCUT2D eigenvalue weighted by Gasteiger charge is -2.09. The molecule has 6 heteroatoms. The Morgan fingerprint density at radius 1 is 1.14 bits per heavy atom. The molecule has 0 bridgehead atoms. The van der Waals surface area contributed by atoms with E-state index in [4.69, 9.17) is 4.74 Å². The molecule has 1 N–H and O–H groups in total. The Hall–Kier alpha value is -2.99. The van der Waals surface area contributed by atoms with Gasteiger partial charge in [-0.1, -0.05) is 30.3 Å². The number of hydrogen-bond acceptors (Lipinski definition) is 4. The fourth-order valence-electron chi connectivity index (χ4n) is 3.66. The summed E-state index contributed by atoms with van der Waals surface area (Å²) in [5, 5.41) is 3.43. The number of rotatable bonds is 8. The molecule has 0 atom stereocenters. The Kier molecular flexibility index (Phi) is 6.00. The van der Waals surface area contributed by atoms with Gasteiger partial charge in [-0.15, -0.1) is 0 Å². The number of aryl methyl sites for hydroxylation is 1. The Morgan fingerprint density at radius 2 is 2.00 bits per heavy atom. The van der Waals surface area contributed by atoms with Gasteiger partial charge in [0.2, 0.25) is 5.91 Å². The second kappa shape index (κ2) is 9.01. The summed E-state index contributed by atoms with van der Waals surface area (Å²) in [6.45, 7) is 1.92. The molecule has 0 saturated carbocycles. The maximum atomic E-state index is 12.6. The molecule has 0 aliphatic carbocycles. The summed E-state index contributed by atoms with van der Waals surface area (Å²) in [7, 11) is 0. The van der Waals surface area contributed by atoms with Crippen molar-refractivity contribution in [3.63, 3.8) is 0 Å². The normalized spacial score (nSPS) is 12.8.